The van der Waals surface area contributed by atoms with Gasteiger partial charge >= 0.3 is 6.18 Å². The molecule has 1 aromatic rings. The maximum Gasteiger partial charge on any atom is 0.390 e. The first kappa shape index (κ1) is 21.9. The van der Waals surface area contributed by atoms with Crippen molar-refractivity contribution >= 4 is 40.0 Å². The summed E-state index contributed by atoms with van der Waals surface area (Å²) in [5, 5.41) is 10.3. The Morgan fingerprint density at radius 1 is 1.30 bits per heavy atom. The molecule has 0 fully saturated rings. The number of guanidine groups is 1. The smallest absolute Gasteiger partial charge is 0.356 e. The molecule has 11 heteroatoms. The van der Waals surface area contributed by atoms with Gasteiger partial charge in [-0.3, -0.25) is 4.99 Å². The topological polar surface area (TPSA) is 96.6 Å². The molecule has 0 saturated heterocycles. The number of hydrogen-bond donors (Lipinski definition) is 3. The first-order valence-corrected chi connectivity index (χ1v) is 7.79. The Hall–Kier alpha value is -1.08. The molecule has 1 rings (SSSR count). The number of aliphatic imine (C=N–C) groups is 1. The Morgan fingerprint density at radius 2 is 1.96 bits per heavy atom. The van der Waals surface area contributed by atoms with Crippen molar-refractivity contribution in [1.82, 2.24) is 10.6 Å². The van der Waals surface area contributed by atoms with Crippen LogP contribution in [0.15, 0.2) is 34.2 Å². The van der Waals surface area contributed by atoms with Crippen molar-refractivity contribution in [3.05, 3.63) is 29.8 Å². The molecule has 4 N–H and O–H groups in total. The summed E-state index contributed by atoms with van der Waals surface area (Å²) in [6.07, 6.45) is -5.22. The molecule has 0 radical (unpaired) electrons. The van der Waals surface area contributed by atoms with Crippen LogP contribution in [0.4, 0.5) is 13.2 Å². The monoisotopic (exact) mass is 466 g/mol. The third-order valence-corrected chi connectivity index (χ3v) is 3.52. The van der Waals surface area contributed by atoms with Crippen LogP contribution in [0.5, 0.6) is 0 Å². The molecule has 0 amide bonds. The first-order chi connectivity index (χ1) is 10.1. The normalized spacial score (nSPS) is 12.5. The van der Waals surface area contributed by atoms with E-state index in [9.17, 15) is 21.6 Å². The van der Waals surface area contributed by atoms with Gasteiger partial charge < -0.3 is 10.6 Å². The standard InChI is InChI=1S/C12H17F3N4O2S.HI/c1-17-11(18-6-5-12(13,14)15)19-8-9-3-2-4-10(7-9)22(16,20)21;/h2-4,7H,5-6,8H2,1H3,(H2,16,20,21)(H2,17,18,19);1H. The second kappa shape index (κ2) is 9.27. The predicted molar refractivity (Wildman–Crippen MR) is 92.1 cm³/mol. The van der Waals surface area contributed by atoms with Gasteiger partial charge in [0.15, 0.2) is 5.96 Å². The minimum atomic E-state index is -4.24. The molecule has 0 saturated carbocycles. The van der Waals surface area contributed by atoms with Crippen molar-refractivity contribution in [2.45, 2.75) is 24.0 Å². The van der Waals surface area contributed by atoms with Crippen molar-refractivity contribution in [3.8, 4) is 0 Å². The highest BCUT2D eigenvalue weighted by Crippen LogP contribution is 2.18. The molecule has 0 aliphatic carbocycles. The summed E-state index contributed by atoms with van der Waals surface area (Å²) in [6.45, 7) is -0.116. The van der Waals surface area contributed by atoms with E-state index >= 15 is 0 Å². The van der Waals surface area contributed by atoms with Gasteiger partial charge in [0.25, 0.3) is 0 Å². The molecule has 6 nitrogen and oxygen atoms in total. The Kier molecular flexibility index (Phi) is 8.84. The molecule has 0 aliphatic heterocycles. The van der Waals surface area contributed by atoms with Crippen LogP contribution in [-0.2, 0) is 16.6 Å². The van der Waals surface area contributed by atoms with Crippen LogP contribution in [0.25, 0.3) is 0 Å². The summed E-state index contributed by atoms with van der Waals surface area (Å²) in [4.78, 5) is 3.74. The largest absolute Gasteiger partial charge is 0.390 e. The van der Waals surface area contributed by atoms with E-state index < -0.39 is 22.6 Å². The van der Waals surface area contributed by atoms with Crippen LogP contribution in [0.3, 0.4) is 0 Å². The molecular weight excluding hydrogens is 448 g/mol. The summed E-state index contributed by atoms with van der Waals surface area (Å²) in [5.74, 6) is 0.185. The molecule has 23 heavy (non-hydrogen) atoms. The molecule has 0 aromatic heterocycles. The number of halogens is 4. The fourth-order valence-corrected chi connectivity index (χ4v) is 2.15. The molecule has 0 bridgehead atoms. The number of rotatable bonds is 5. The lowest BCUT2D eigenvalue weighted by atomic mass is 10.2. The van der Waals surface area contributed by atoms with E-state index in [1.807, 2.05) is 0 Å². The Balaban J connectivity index is 0.00000484. The molecule has 0 aliphatic rings. The van der Waals surface area contributed by atoms with Gasteiger partial charge in [-0.2, -0.15) is 13.2 Å². The number of nitrogens with zero attached hydrogens (tertiary/aromatic N) is 1. The summed E-state index contributed by atoms with van der Waals surface area (Å²) in [5.41, 5.74) is 0.602. The van der Waals surface area contributed by atoms with Gasteiger partial charge in [-0.1, -0.05) is 12.1 Å². The lowest BCUT2D eigenvalue weighted by molar-refractivity contribution is -0.132. The van der Waals surface area contributed by atoms with Gasteiger partial charge in [-0.25, -0.2) is 13.6 Å². The zero-order valence-electron chi connectivity index (χ0n) is 12.2. The average molecular weight is 466 g/mol. The number of benzene rings is 1. The molecule has 0 atom stereocenters. The van der Waals surface area contributed by atoms with Crippen LogP contribution in [0, 0.1) is 0 Å². The summed E-state index contributed by atoms with van der Waals surface area (Å²) in [6, 6.07) is 5.92. The molecule has 0 heterocycles. The van der Waals surface area contributed by atoms with Crippen LogP contribution in [0.2, 0.25) is 0 Å². The minimum Gasteiger partial charge on any atom is -0.356 e. The van der Waals surface area contributed by atoms with Crippen LogP contribution < -0.4 is 15.8 Å². The number of nitrogens with one attached hydrogen (secondary N) is 2. The van der Waals surface area contributed by atoms with E-state index in [2.05, 4.69) is 15.6 Å². The fourth-order valence-electron chi connectivity index (χ4n) is 1.56. The van der Waals surface area contributed by atoms with E-state index in [0.29, 0.717) is 5.56 Å². The average Bonchev–Trinajstić information content (AvgIpc) is 2.40. The maximum atomic E-state index is 12.0. The van der Waals surface area contributed by atoms with E-state index in [-0.39, 0.29) is 47.9 Å². The minimum absolute atomic E-state index is 0. The van der Waals surface area contributed by atoms with E-state index in [4.69, 9.17) is 5.14 Å². The number of sulfonamides is 1. The summed E-state index contributed by atoms with van der Waals surface area (Å²) >= 11 is 0. The Bertz CT molecular complexity index is 635. The van der Waals surface area contributed by atoms with Crippen LogP contribution in [-0.4, -0.2) is 34.1 Å². The quantitative estimate of drug-likeness (QED) is 0.349. The number of hydrogen-bond acceptors (Lipinski definition) is 3. The Morgan fingerprint density at radius 3 is 2.48 bits per heavy atom. The lowest BCUT2D eigenvalue weighted by Gasteiger charge is -2.13. The van der Waals surface area contributed by atoms with Gasteiger partial charge in [0.1, 0.15) is 0 Å². The zero-order valence-corrected chi connectivity index (χ0v) is 15.4. The van der Waals surface area contributed by atoms with Gasteiger partial charge in [0, 0.05) is 20.1 Å². The lowest BCUT2D eigenvalue weighted by Crippen LogP contribution is -2.38. The zero-order chi connectivity index (χ0) is 16.8. The first-order valence-electron chi connectivity index (χ1n) is 6.25. The van der Waals surface area contributed by atoms with Crippen LogP contribution in [0.1, 0.15) is 12.0 Å². The van der Waals surface area contributed by atoms with Gasteiger partial charge in [-0.15, -0.1) is 24.0 Å². The number of alkyl halides is 3. The number of primary sulfonamides is 1. The predicted octanol–water partition coefficient (Wildman–Crippen LogP) is 1.57. The third-order valence-electron chi connectivity index (χ3n) is 2.61. The van der Waals surface area contributed by atoms with Gasteiger partial charge in [-0.05, 0) is 17.7 Å². The summed E-state index contributed by atoms with van der Waals surface area (Å²) in [7, 11) is -2.38. The second-order valence-electron chi connectivity index (χ2n) is 4.41. The highest BCUT2D eigenvalue weighted by Gasteiger charge is 2.26. The highest BCUT2D eigenvalue weighted by atomic mass is 127. The number of nitrogens with two attached hydrogens (primary N) is 1. The molecular formula is C12H18F3IN4O2S. The third kappa shape index (κ3) is 8.95. The van der Waals surface area contributed by atoms with Crippen molar-refractivity contribution in [2.24, 2.45) is 10.1 Å². The summed E-state index contributed by atoms with van der Waals surface area (Å²) < 4.78 is 58.6. The Labute approximate surface area is 149 Å². The maximum absolute atomic E-state index is 12.0. The van der Waals surface area contributed by atoms with Crippen molar-refractivity contribution in [3.63, 3.8) is 0 Å². The molecule has 0 spiro atoms. The highest BCUT2D eigenvalue weighted by molar-refractivity contribution is 14.0. The van der Waals surface area contributed by atoms with Crippen molar-refractivity contribution < 1.29 is 21.6 Å². The molecule has 0 unspecified atom stereocenters. The van der Waals surface area contributed by atoms with E-state index in [0.717, 1.165) is 0 Å². The van der Waals surface area contributed by atoms with Crippen molar-refractivity contribution in [2.75, 3.05) is 13.6 Å². The van der Waals surface area contributed by atoms with Gasteiger partial charge in [0.2, 0.25) is 10.0 Å². The molecule has 132 valence electrons. The second-order valence-corrected chi connectivity index (χ2v) is 5.97. The van der Waals surface area contributed by atoms with Crippen LogP contribution >= 0.6 is 24.0 Å². The van der Waals surface area contributed by atoms with E-state index in [1.165, 1.54) is 25.2 Å². The van der Waals surface area contributed by atoms with Gasteiger partial charge in [0.05, 0.1) is 11.3 Å². The van der Waals surface area contributed by atoms with Crippen molar-refractivity contribution in [1.29, 1.82) is 0 Å². The SMILES string of the molecule is CN=C(NCCC(F)(F)F)NCc1cccc(S(N)(=O)=O)c1.I. The molecule has 1 aromatic carbocycles. The fraction of sp³-hybridized carbons (Fsp3) is 0.417. The van der Waals surface area contributed by atoms with E-state index in [1.54, 1.807) is 6.07 Å².